The van der Waals surface area contributed by atoms with Crippen LogP contribution in [0.25, 0.3) is 0 Å². The van der Waals surface area contributed by atoms with E-state index in [1.54, 1.807) is 5.57 Å². The van der Waals surface area contributed by atoms with Crippen LogP contribution in [0.15, 0.2) is 40.4 Å². The van der Waals surface area contributed by atoms with E-state index in [9.17, 15) is 0 Å². The van der Waals surface area contributed by atoms with E-state index < -0.39 is 0 Å². The Morgan fingerprint density at radius 1 is 1.18 bits per heavy atom. The quantitative estimate of drug-likeness (QED) is 0.701. The molecular formula is C10H9Br. The van der Waals surface area contributed by atoms with Gasteiger partial charge >= 0.3 is 0 Å². The van der Waals surface area contributed by atoms with Crippen LogP contribution in [0.4, 0.5) is 0 Å². The van der Waals surface area contributed by atoms with Crippen LogP contribution in [0.2, 0.25) is 0 Å². The topological polar surface area (TPSA) is 0 Å². The summed E-state index contributed by atoms with van der Waals surface area (Å²) in [5.41, 5.74) is 2.97. The zero-order valence-electron chi connectivity index (χ0n) is 6.18. The highest BCUT2D eigenvalue weighted by molar-refractivity contribution is 9.12. The van der Waals surface area contributed by atoms with Crippen molar-refractivity contribution in [2.45, 2.75) is 12.8 Å². The molecule has 0 nitrogen and oxygen atoms in total. The van der Waals surface area contributed by atoms with Gasteiger partial charge < -0.3 is 0 Å². The number of benzene rings is 1. The van der Waals surface area contributed by atoms with Gasteiger partial charge in [-0.3, -0.25) is 0 Å². The summed E-state index contributed by atoms with van der Waals surface area (Å²) in [7, 11) is 0. The average molecular weight is 209 g/mol. The third-order valence-electron chi connectivity index (χ3n) is 1.89. The first-order valence-electron chi connectivity index (χ1n) is 3.76. The van der Waals surface area contributed by atoms with Crippen LogP contribution < -0.4 is 0 Å². The number of allylic oxidation sites excluding steroid dienone is 2. The van der Waals surface area contributed by atoms with Gasteiger partial charge in [0.1, 0.15) is 0 Å². The highest BCUT2D eigenvalue weighted by Crippen LogP contribution is 2.38. The van der Waals surface area contributed by atoms with Gasteiger partial charge in [-0.1, -0.05) is 51.8 Å². The van der Waals surface area contributed by atoms with Crippen molar-refractivity contribution in [2.24, 2.45) is 0 Å². The molecule has 56 valence electrons. The molecule has 0 heterocycles. The molecule has 0 spiro atoms. The molecule has 0 saturated heterocycles. The van der Waals surface area contributed by atoms with Gasteiger partial charge in [0.2, 0.25) is 0 Å². The van der Waals surface area contributed by atoms with Gasteiger partial charge in [-0.2, -0.15) is 0 Å². The molecule has 0 bridgehead atoms. The molecule has 0 fully saturated rings. The predicted molar refractivity (Wildman–Crippen MR) is 50.7 cm³/mol. The summed E-state index contributed by atoms with van der Waals surface area (Å²) < 4.78 is 1.40. The first-order chi connectivity index (χ1) is 5.36. The number of hydrogen-bond donors (Lipinski definition) is 0. The maximum Gasteiger partial charge on any atom is 0.00136 e. The molecule has 1 aliphatic carbocycles. The van der Waals surface area contributed by atoms with Crippen LogP contribution >= 0.6 is 15.9 Å². The van der Waals surface area contributed by atoms with Gasteiger partial charge in [0.05, 0.1) is 0 Å². The van der Waals surface area contributed by atoms with Crippen molar-refractivity contribution in [1.29, 1.82) is 0 Å². The van der Waals surface area contributed by atoms with Crippen molar-refractivity contribution in [3.05, 3.63) is 46.0 Å². The Kier molecular flexibility index (Phi) is 1.82. The van der Waals surface area contributed by atoms with E-state index in [-0.39, 0.29) is 0 Å². The van der Waals surface area contributed by atoms with Crippen molar-refractivity contribution in [1.82, 2.24) is 0 Å². The average Bonchev–Trinajstić information content (AvgIpc) is 2.69. The largest absolute Gasteiger partial charge is 0.0622 e. The molecule has 1 aromatic rings. The Morgan fingerprint density at radius 2 is 1.82 bits per heavy atom. The molecule has 0 aromatic heterocycles. The van der Waals surface area contributed by atoms with E-state index in [0.29, 0.717) is 0 Å². The van der Waals surface area contributed by atoms with Gasteiger partial charge in [0, 0.05) is 6.42 Å². The lowest BCUT2D eigenvalue weighted by atomic mass is 10.1. The lowest BCUT2D eigenvalue weighted by molar-refractivity contribution is 1.20. The second kappa shape index (κ2) is 2.82. The second-order valence-electron chi connectivity index (χ2n) is 2.85. The molecule has 0 atom stereocenters. The van der Waals surface area contributed by atoms with Crippen molar-refractivity contribution in [2.75, 3.05) is 0 Å². The highest BCUT2D eigenvalue weighted by atomic mass is 79.9. The summed E-state index contributed by atoms with van der Waals surface area (Å²) in [5.74, 6) is 0. The summed E-state index contributed by atoms with van der Waals surface area (Å²) in [6.07, 6.45) is 2.32. The van der Waals surface area contributed by atoms with Crippen molar-refractivity contribution >= 4 is 15.9 Å². The van der Waals surface area contributed by atoms with E-state index in [1.807, 2.05) is 0 Å². The van der Waals surface area contributed by atoms with Crippen LogP contribution in [-0.2, 0) is 6.42 Å². The Morgan fingerprint density at radius 3 is 2.36 bits per heavy atom. The minimum atomic E-state index is 1.13. The molecule has 0 amide bonds. The molecule has 2 rings (SSSR count). The predicted octanol–water partition coefficient (Wildman–Crippen LogP) is 3.28. The van der Waals surface area contributed by atoms with Crippen LogP contribution in [0.5, 0.6) is 0 Å². The fourth-order valence-electron chi connectivity index (χ4n) is 1.14. The van der Waals surface area contributed by atoms with Crippen molar-refractivity contribution < 1.29 is 0 Å². The molecule has 0 unspecified atom stereocenters. The van der Waals surface area contributed by atoms with Crippen LogP contribution in [0.1, 0.15) is 12.0 Å². The van der Waals surface area contributed by atoms with Crippen LogP contribution in [0, 0.1) is 0 Å². The van der Waals surface area contributed by atoms with E-state index in [2.05, 4.69) is 46.3 Å². The summed E-state index contributed by atoms with van der Waals surface area (Å²) >= 11 is 3.49. The van der Waals surface area contributed by atoms with Crippen LogP contribution in [-0.4, -0.2) is 0 Å². The minimum Gasteiger partial charge on any atom is -0.0622 e. The van der Waals surface area contributed by atoms with Gasteiger partial charge in [0.25, 0.3) is 0 Å². The Bertz CT molecular complexity index is 285. The normalized spacial score (nSPS) is 15.4. The first kappa shape index (κ1) is 7.11. The highest BCUT2D eigenvalue weighted by Gasteiger charge is 2.17. The minimum absolute atomic E-state index is 1.13. The molecule has 1 heteroatoms. The van der Waals surface area contributed by atoms with Gasteiger partial charge in [-0.15, -0.1) is 0 Å². The number of hydrogen-bond acceptors (Lipinski definition) is 0. The standard InChI is InChI=1S/C10H9Br/c11-10-7-9(10)6-8-4-2-1-3-5-8/h1-5H,6-7H2. The summed E-state index contributed by atoms with van der Waals surface area (Å²) in [5, 5.41) is 0. The Hall–Kier alpha value is -0.560. The van der Waals surface area contributed by atoms with Crippen molar-refractivity contribution in [3.63, 3.8) is 0 Å². The smallest absolute Gasteiger partial charge is 0.00136 e. The monoisotopic (exact) mass is 208 g/mol. The maximum atomic E-state index is 3.49. The van der Waals surface area contributed by atoms with E-state index >= 15 is 0 Å². The van der Waals surface area contributed by atoms with Crippen molar-refractivity contribution in [3.8, 4) is 0 Å². The zero-order valence-corrected chi connectivity index (χ0v) is 7.76. The molecule has 1 aromatic carbocycles. The van der Waals surface area contributed by atoms with E-state index in [0.717, 1.165) is 6.42 Å². The molecule has 0 radical (unpaired) electrons. The summed E-state index contributed by atoms with van der Waals surface area (Å²) in [6, 6.07) is 10.6. The van der Waals surface area contributed by atoms with E-state index in [1.165, 1.54) is 16.5 Å². The summed E-state index contributed by atoms with van der Waals surface area (Å²) in [6.45, 7) is 0. The summed E-state index contributed by atoms with van der Waals surface area (Å²) in [4.78, 5) is 0. The van der Waals surface area contributed by atoms with Gasteiger partial charge in [-0.25, -0.2) is 0 Å². The third-order valence-corrected chi connectivity index (χ3v) is 2.73. The lowest BCUT2D eigenvalue weighted by Gasteiger charge is -1.93. The Balaban J connectivity index is 2.08. The van der Waals surface area contributed by atoms with Gasteiger partial charge in [-0.05, 0) is 16.5 Å². The molecular weight excluding hydrogens is 200 g/mol. The molecule has 0 saturated carbocycles. The fourth-order valence-corrected chi connectivity index (χ4v) is 1.62. The number of rotatable bonds is 2. The molecule has 11 heavy (non-hydrogen) atoms. The maximum absolute atomic E-state index is 3.49. The second-order valence-corrected chi connectivity index (χ2v) is 3.80. The SMILES string of the molecule is BrC1=C(Cc2ccccc2)C1. The molecule has 0 aliphatic heterocycles. The molecule has 0 N–H and O–H groups in total. The van der Waals surface area contributed by atoms with E-state index in [4.69, 9.17) is 0 Å². The fraction of sp³-hybridized carbons (Fsp3) is 0.200. The Labute approximate surface area is 75.1 Å². The number of halogens is 1. The van der Waals surface area contributed by atoms with Crippen LogP contribution in [0.3, 0.4) is 0 Å². The van der Waals surface area contributed by atoms with Gasteiger partial charge in [0.15, 0.2) is 0 Å². The lowest BCUT2D eigenvalue weighted by Crippen LogP contribution is -1.79. The third kappa shape index (κ3) is 1.72. The molecule has 1 aliphatic rings. The first-order valence-corrected chi connectivity index (χ1v) is 4.56. The zero-order chi connectivity index (χ0) is 7.68.